The fourth-order valence-electron chi connectivity index (χ4n) is 2.06. The van der Waals surface area contributed by atoms with Crippen molar-refractivity contribution in [2.75, 3.05) is 39.5 Å². The number of hydrogen-bond donors (Lipinski definition) is 2. The number of nitrogens with zero attached hydrogens (tertiary/aromatic N) is 1. The van der Waals surface area contributed by atoms with Gasteiger partial charge in [0.1, 0.15) is 0 Å². The van der Waals surface area contributed by atoms with Crippen LogP contribution in [0.4, 0.5) is 5.69 Å². The molecule has 0 atom stereocenters. The van der Waals surface area contributed by atoms with Crippen molar-refractivity contribution in [3.63, 3.8) is 0 Å². The first-order chi connectivity index (χ1) is 8.94. The molecule has 1 aromatic carbocycles. The van der Waals surface area contributed by atoms with Gasteiger partial charge >= 0.3 is 0 Å². The van der Waals surface area contributed by atoms with Crippen molar-refractivity contribution in [3.05, 3.63) is 29.3 Å². The van der Waals surface area contributed by atoms with Gasteiger partial charge in [-0.15, -0.1) is 0 Å². The molecule has 4 nitrogen and oxygen atoms in total. The molecule has 1 rings (SSSR count). The zero-order valence-corrected chi connectivity index (χ0v) is 13.4. The van der Waals surface area contributed by atoms with Gasteiger partial charge in [-0.3, -0.25) is 4.79 Å². The number of carbonyl (C=O) groups is 1. The van der Waals surface area contributed by atoms with E-state index in [1.165, 1.54) is 5.56 Å². The van der Waals surface area contributed by atoms with E-state index in [-0.39, 0.29) is 12.4 Å². The van der Waals surface area contributed by atoms with Crippen LogP contribution in [-0.4, -0.2) is 44.6 Å². The first kappa shape index (κ1) is 18.7. The lowest BCUT2D eigenvalue weighted by Crippen LogP contribution is -3.00. The van der Waals surface area contributed by atoms with Gasteiger partial charge in [-0.05, 0) is 24.1 Å². The highest BCUT2D eigenvalue weighted by atomic mass is 35.5. The van der Waals surface area contributed by atoms with Crippen LogP contribution in [0.1, 0.15) is 17.5 Å². The molecular weight excluding hydrogens is 274 g/mol. The zero-order valence-electron chi connectivity index (χ0n) is 12.7. The molecule has 114 valence electrons. The molecule has 0 aliphatic heterocycles. The molecule has 0 aromatic heterocycles. The van der Waals surface area contributed by atoms with Crippen LogP contribution in [0.2, 0.25) is 0 Å². The van der Waals surface area contributed by atoms with Crippen molar-refractivity contribution in [1.29, 1.82) is 0 Å². The van der Waals surface area contributed by atoms with Crippen molar-refractivity contribution in [2.24, 2.45) is 0 Å². The standard InChI is InChI=1S/C15H25N3O.ClH/c1-13-5-6-14(11-15(13)16)7-10-18(2,3)9-4-8-17-12-19;/h5-6,11-12H,4,7-10,16H2,1-3H3;1H. The van der Waals surface area contributed by atoms with Gasteiger partial charge in [-0.1, -0.05) is 12.1 Å². The lowest BCUT2D eigenvalue weighted by molar-refractivity contribution is -0.890. The van der Waals surface area contributed by atoms with Gasteiger partial charge in [0.2, 0.25) is 6.41 Å². The summed E-state index contributed by atoms with van der Waals surface area (Å²) in [5.41, 5.74) is 9.23. The topological polar surface area (TPSA) is 55.1 Å². The largest absolute Gasteiger partial charge is 1.00 e. The summed E-state index contributed by atoms with van der Waals surface area (Å²) in [6, 6.07) is 6.31. The van der Waals surface area contributed by atoms with Gasteiger partial charge in [-0.2, -0.15) is 0 Å². The summed E-state index contributed by atoms with van der Waals surface area (Å²) in [5, 5.41) is 2.70. The molecule has 0 aliphatic rings. The number of halogens is 1. The number of benzene rings is 1. The number of carbonyl (C=O) groups excluding carboxylic acids is 1. The van der Waals surface area contributed by atoms with E-state index in [2.05, 4.69) is 37.6 Å². The van der Waals surface area contributed by atoms with Crippen molar-refractivity contribution in [2.45, 2.75) is 19.8 Å². The van der Waals surface area contributed by atoms with Crippen LogP contribution < -0.4 is 23.5 Å². The molecule has 0 spiro atoms. The molecule has 0 radical (unpaired) electrons. The summed E-state index contributed by atoms with van der Waals surface area (Å²) in [4.78, 5) is 10.2. The molecular formula is C15H26ClN3O. The summed E-state index contributed by atoms with van der Waals surface area (Å²) < 4.78 is 0.953. The normalized spacial score (nSPS) is 10.8. The Morgan fingerprint density at radius 3 is 2.60 bits per heavy atom. The molecule has 20 heavy (non-hydrogen) atoms. The fraction of sp³-hybridized carbons (Fsp3) is 0.533. The third kappa shape index (κ3) is 6.78. The second kappa shape index (κ2) is 8.82. The van der Waals surface area contributed by atoms with Gasteiger partial charge in [-0.25, -0.2) is 0 Å². The summed E-state index contributed by atoms with van der Waals surface area (Å²) >= 11 is 0. The minimum Gasteiger partial charge on any atom is -1.00 e. The van der Waals surface area contributed by atoms with E-state index in [1.54, 1.807) is 0 Å². The number of quaternary nitrogens is 1. The molecule has 0 saturated carbocycles. The van der Waals surface area contributed by atoms with Crippen molar-refractivity contribution in [1.82, 2.24) is 5.32 Å². The molecule has 1 aromatic rings. The third-order valence-electron chi connectivity index (χ3n) is 3.52. The zero-order chi connectivity index (χ0) is 14.3. The van der Waals surface area contributed by atoms with Gasteiger partial charge < -0.3 is 27.9 Å². The van der Waals surface area contributed by atoms with Crippen molar-refractivity contribution in [3.8, 4) is 0 Å². The Balaban J connectivity index is 0.00000361. The van der Waals surface area contributed by atoms with Gasteiger partial charge in [0, 0.05) is 25.1 Å². The average molecular weight is 300 g/mol. The van der Waals surface area contributed by atoms with Crippen LogP contribution in [0.15, 0.2) is 18.2 Å². The van der Waals surface area contributed by atoms with E-state index < -0.39 is 0 Å². The van der Waals surface area contributed by atoms with Crippen LogP contribution in [0.5, 0.6) is 0 Å². The number of nitrogen functional groups attached to an aromatic ring is 1. The van der Waals surface area contributed by atoms with Crippen molar-refractivity contribution < 1.29 is 21.7 Å². The van der Waals surface area contributed by atoms with Crippen LogP contribution in [0.3, 0.4) is 0 Å². The maximum Gasteiger partial charge on any atom is 0.207 e. The molecule has 0 bridgehead atoms. The van der Waals surface area contributed by atoms with Crippen LogP contribution in [0, 0.1) is 6.92 Å². The minimum absolute atomic E-state index is 0. The molecule has 3 N–H and O–H groups in total. The molecule has 0 aliphatic carbocycles. The first-order valence-corrected chi connectivity index (χ1v) is 6.79. The number of nitrogens with two attached hydrogens (primary N) is 1. The Bertz CT molecular complexity index is 422. The van der Waals surface area contributed by atoms with E-state index in [0.717, 1.165) is 54.6 Å². The molecule has 0 fully saturated rings. The van der Waals surface area contributed by atoms with E-state index in [4.69, 9.17) is 5.73 Å². The van der Waals surface area contributed by atoms with E-state index in [9.17, 15) is 4.79 Å². The highest BCUT2D eigenvalue weighted by molar-refractivity contribution is 5.48. The molecule has 5 heteroatoms. The molecule has 1 amide bonds. The minimum atomic E-state index is 0. The third-order valence-corrected chi connectivity index (χ3v) is 3.52. The quantitative estimate of drug-likeness (QED) is 0.261. The fourth-order valence-corrected chi connectivity index (χ4v) is 2.06. The molecule has 0 heterocycles. The average Bonchev–Trinajstić information content (AvgIpc) is 2.36. The number of likely N-dealkylation sites (N-methyl/N-ethyl adjacent to an activating group) is 1. The summed E-state index contributed by atoms with van der Waals surface area (Å²) in [5.74, 6) is 0. The number of rotatable bonds is 8. The molecule has 0 saturated heterocycles. The van der Waals surface area contributed by atoms with Gasteiger partial charge in [0.15, 0.2) is 0 Å². The lowest BCUT2D eigenvalue weighted by Gasteiger charge is -2.30. The SMILES string of the molecule is Cc1ccc(CC[N+](C)(C)CCCNC=O)cc1N.[Cl-]. The van der Waals surface area contributed by atoms with Crippen molar-refractivity contribution >= 4 is 12.1 Å². The van der Waals surface area contributed by atoms with Crippen LogP contribution in [0.25, 0.3) is 0 Å². The second-order valence-electron chi connectivity index (χ2n) is 5.75. The highest BCUT2D eigenvalue weighted by Gasteiger charge is 2.14. The number of aryl methyl sites for hydroxylation is 1. The Morgan fingerprint density at radius 2 is 2.00 bits per heavy atom. The smallest absolute Gasteiger partial charge is 0.207 e. The number of anilines is 1. The number of hydrogen-bond acceptors (Lipinski definition) is 2. The van der Waals surface area contributed by atoms with Crippen LogP contribution >= 0.6 is 0 Å². The predicted octanol–water partition coefficient (Wildman–Crippen LogP) is -1.66. The van der Waals surface area contributed by atoms with E-state index in [0.29, 0.717) is 0 Å². The Labute approximate surface area is 128 Å². The first-order valence-electron chi connectivity index (χ1n) is 6.79. The maximum absolute atomic E-state index is 10.2. The maximum atomic E-state index is 10.2. The summed E-state index contributed by atoms with van der Waals surface area (Å²) in [6.45, 7) is 4.91. The highest BCUT2D eigenvalue weighted by Crippen LogP contribution is 2.14. The summed E-state index contributed by atoms with van der Waals surface area (Å²) in [6.07, 6.45) is 2.79. The Morgan fingerprint density at radius 1 is 1.30 bits per heavy atom. The van der Waals surface area contributed by atoms with Crippen LogP contribution in [-0.2, 0) is 11.2 Å². The van der Waals surface area contributed by atoms with E-state index >= 15 is 0 Å². The van der Waals surface area contributed by atoms with Gasteiger partial charge in [0.25, 0.3) is 0 Å². The number of nitrogens with one attached hydrogen (secondary N) is 1. The summed E-state index contributed by atoms with van der Waals surface area (Å²) in [7, 11) is 4.44. The Hall–Kier alpha value is -1.26. The molecule has 0 unspecified atom stereocenters. The predicted molar refractivity (Wildman–Crippen MR) is 79.8 cm³/mol. The lowest BCUT2D eigenvalue weighted by atomic mass is 10.1. The number of amides is 1. The monoisotopic (exact) mass is 299 g/mol. The second-order valence-corrected chi connectivity index (χ2v) is 5.75. The van der Waals surface area contributed by atoms with Gasteiger partial charge in [0.05, 0.1) is 27.2 Å². The Kier molecular flexibility index (Phi) is 8.26. The van der Waals surface area contributed by atoms with E-state index in [1.807, 2.05) is 6.92 Å².